The SMILES string of the molecule is CC(C)CN(C(=O)COC(=O)C12C[C@@H]3C[C@@H](CC(O)(C3)C1)C2)[C@@H]1CCS(=O)(=O)C1. The van der Waals surface area contributed by atoms with E-state index in [2.05, 4.69) is 0 Å². The quantitative estimate of drug-likeness (QED) is 0.645. The van der Waals surface area contributed by atoms with E-state index >= 15 is 0 Å². The number of ether oxygens (including phenoxy) is 1. The number of hydrogen-bond acceptors (Lipinski definition) is 6. The van der Waals surface area contributed by atoms with Gasteiger partial charge < -0.3 is 14.7 Å². The number of carbonyl (C=O) groups is 2. The van der Waals surface area contributed by atoms with Crippen molar-refractivity contribution in [3.63, 3.8) is 0 Å². The fourth-order valence-corrected chi connectivity index (χ4v) is 8.42. The second-order valence-corrected chi connectivity index (χ2v) is 12.8. The fraction of sp³-hybridized carbons (Fsp3) is 0.905. The molecule has 8 heteroatoms. The third kappa shape index (κ3) is 4.20. The van der Waals surface area contributed by atoms with Crippen LogP contribution in [0, 0.1) is 23.2 Å². The molecule has 0 radical (unpaired) electrons. The Kier molecular flexibility index (Phi) is 5.25. The van der Waals surface area contributed by atoms with Gasteiger partial charge >= 0.3 is 5.97 Å². The Labute approximate surface area is 173 Å². The molecule has 1 aliphatic heterocycles. The third-order valence-electron chi connectivity index (χ3n) is 7.32. The molecule has 0 aromatic heterocycles. The largest absolute Gasteiger partial charge is 0.455 e. The Morgan fingerprint density at radius 1 is 1.17 bits per heavy atom. The zero-order chi connectivity index (χ0) is 21.0. The van der Waals surface area contributed by atoms with Crippen molar-refractivity contribution in [3.05, 3.63) is 0 Å². The highest BCUT2D eigenvalue weighted by molar-refractivity contribution is 7.91. The molecule has 5 fully saturated rings. The van der Waals surface area contributed by atoms with E-state index in [4.69, 9.17) is 4.74 Å². The zero-order valence-corrected chi connectivity index (χ0v) is 18.2. The first-order valence-corrected chi connectivity index (χ1v) is 12.7. The zero-order valence-electron chi connectivity index (χ0n) is 17.4. The number of hydrogen-bond donors (Lipinski definition) is 1. The number of rotatable bonds is 6. The average molecular weight is 428 g/mol. The normalized spacial score (nSPS) is 39.7. The van der Waals surface area contributed by atoms with Crippen molar-refractivity contribution in [2.45, 2.75) is 70.4 Å². The molecule has 4 saturated carbocycles. The maximum atomic E-state index is 13.0. The molecule has 29 heavy (non-hydrogen) atoms. The number of nitrogens with zero attached hydrogens (tertiary/aromatic N) is 1. The van der Waals surface area contributed by atoms with Crippen LogP contribution in [0.4, 0.5) is 0 Å². The van der Waals surface area contributed by atoms with Crippen LogP contribution in [-0.2, 0) is 24.2 Å². The molecule has 5 atom stereocenters. The molecule has 2 unspecified atom stereocenters. The molecule has 0 spiro atoms. The van der Waals surface area contributed by atoms with Crippen LogP contribution in [0.5, 0.6) is 0 Å². The highest BCUT2D eigenvalue weighted by Gasteiger charge is 2.61. The predicted molar refractivity (Wildman–Crippen MR) is 107 cm³/mol. The number of amides is 1. The summed E-state index contributed by atoms with van der Waals surface area (Å²) in [5.74, 6) is 0.329. The number of carbonyl (C=O) groups excluding carboxylic acids is 2. The van der Waals surface area contributed by atoms with Crippen molar-refractivity contribution < 1.29 is 27.9 Å². The van der Waals surface area contributed by atoms with Crippen LogP contribution in [-0.4, -0.2) is 66.6 Å². The van der Waals surface area contributed by atoms with E-state index in [9.17, 15) is 23.1 Å². The lowest BCUT2D eigenvalue weighted by Gasteiger charge is -2.58. The lowest BCUT2D eigenvalue weighted by molar-refractivity contribution is -0.197. The highest BCUT2D eigenvalue weighted by atomic mass is 32.2. The average Bonchev–Trinajstić information content (AvgIpc) is 2.94. The van der Waals surface area contributed by atoms with Crippen molar-refractivity contribution in [2.24, 2.45) is 23.2 Å². The predicted octanol–water partition coefficient (Wildman–Crippen LogP) is 1.53. The standard InChI is InChI=1S/C21H33NO6S/c1-14(2)10-22(17-3-4-29(26,27)12-17)18(23)11-28-19(24)20-6-15-5-16(7-20)9-21(25,8-15)13-20/h14-17,25H,3-13H2,1-2H3/t15-,16+,17-,20?,21?/m1/s1. The minimum absolute atomic E-state index is 0.0142. The Bertz CT molecular complexity index is 777. The number of esters is 1. The van der Waals surface area contributed by atoms with Gasteiger partial charge in [-0.1, -0.05) is 13.8 Å². The Morgan fingerprint density at radius 3 is 2.34 bits per heavy atom. The van der Waals surface area contributed by atoms with Crippen LogP contribution in [0.15, 0.2) is 0 Å². The van der Waals surface area contributed by atoms with Crippen LogP contribution in [0.1, 0.15) is 58.8 Å². The van der Waals surface area contributed by atoms with Crippen molar-refractivity contribution in [1.29, 1.82) is 0 Å². The van der Waals surface area contributed by atoms with Crippen LogP contribution in [0.3, 0.4) is 0 Å². The third-order valence-corrected chi connectivity index (χ3v) is 9.07. The summed E-state index contributed by atoms with van der Waals surface area (Å²) in [5, 5.41) is 10.8. The molecule has 5 aliphatic rings. The summed E-state index contributed by atoms with van der Waals surface area (Å²) in [6.45, 7) is 4.06. The van der Waals surface area contributed by atoms with Gasteiger partial charge in [0.25, 0.3) is 5.91 Å². The molecule has 7 nitrogen and oxygen atoms in total. The van der Waals surface area contributed by atoms with Gasteiger partial charge in [0, 0.05) is 12.6 Å². The maximum Gasteiger partial charge on any atom is 0.312 e. The Balaban J connectivity index is 1.41. The highest BCUT2D eigenvalue weighted by Crippen LogP contribution is 2.61. The molecule has 4 bridgehead atoms. The molecule has 164 valence electrons. The van der Waals surface area contributed by atoms with Crippen LogP contribution < -0.4 is 0 Å². The molecular weight excluding hydrogens is 394 g/mol. The lowest BCUT2D eigenvalue weighted by atomic mass is 9.48. The van der Waals surface area contributed by atoms with Gasteiger partial charge in [-0.25, -0.2) is 8.42 Å². The minimum Gasteiger partial charge on any atom is -0.455 e. The van der Waals surface area contributed by atoms with Gasteiger partial charge in [-0.05, 0) is 62.7 Å². The second kappa shape index (κ2) is 7.22. The summed E-state index contributed by atoms with van der Waals surface area (Å²) in [5.41, 5.74) is -1.41. The molecule has 0 aromatic rings. The van der Waals surface area contributed by atoms with Gasteiger partial charge in [-0.2, -0.15) is 0 Å². The van der Waals surface area contributed by atoms with Crippen molar-refractivity contribution in [3.8, 4) is 0 Å². The summed E-state index contributed by atoms with van der Waals surface area (Å²) < 4.78 is 29.2. The van der Waals surface area contributed by atoms with E-state index in [0.29, 0.717) is 31.2 Å². The van der Waals surface area contributed by atoms with Crippen LogP contribution in [0.2, 0.25) is 0 Å². The van der Waals surface area contributed by atoms with E-state index in [1.807, 2.05) is 13.8 Å². The van der Waals surface area contributed by atoms with Gasteiger partial charge in [0.05, 0.1) is 22.5 Å². The topological polar surface area (TPSA) is 101 Å². The van der Waals surface area contributed by atoms with Gasteiger partial charge in [0.1, 0.15) is 0 Å². The molecular formula is C21H33NO6S. The summed E-state index contributed by atoms with van der Waals surface area (Å²) in [7, 11) is -3.11. The van der Waals surface area contributed by atoms with Crippen molar-refractivity contribution in [2.75, 3.05) is 24.7 Å². The first kappa shape index (κ1) is 21.1. The Morgan fingerprint density at radius 2 is 1.83 bits per heavy atom. The van der Waals surface area contributed by atoms with E-state index in [-0.39, 0.29) is 41.9 Å². The van der Waals surface area contributed by atoms with Crippen molar-refractivity contribution >= 4 is 21.7 Å². The number of aliphatic hydroxyl groups is 1. The van der Waals surface area contributed by atoms with Crippen LogP contribution in [0.25, 0.3) is 0 Å². The molecule has 4 aliphatic carbocycles. The first-order chi connectivity index (χ1) is 13.5. The van der Waals surface area contributed by atoms with E-state index in [0.717, 1.165) is 32.1 Å². The lowest BCUT2D eigenvalue weighted by Crippen LogP contribution is -2.58. The minimum atomic E-state index is -3.11. The Hall–Kier alpha value is -1.15. The molecule has 1 saturated heterocycles. The smallest absolute Gasteiger partial charge is 0.312 e. The van der Waals surface area contributed by atoms with Gasteiger partial charge in [-0.15, -0.1) is 0 Å². The fourth-order valence-electron chi connectivity index (χ4n) is 6.69. The monoisotopic (exact) mass is 427 g/mol. The second-order valence-electron chi connectivity index (χ2n) is 10.5. The summed E-state index contributed by atoms with van der Waals surface area (Å²) in [6.07, 6.45) is 5.00. The number of sulfone groups is 1. The van der Waals surface area contributed by atoms with E-state index < -0.39 is 20.9 Å². The molecule has 0 aromatic carbocycles. The molecule has 1 heterocycles. The maximum absolute atomic E-state index is 13.0. The van der Waals surface area contributed by atoms with Gasteiger partial charge in [-0.3, -0.25) is 9.59 Å². The molecule has 1 N–H and O–H groups in total. The van der Waals surface area contributed by atoms with Gasteiger partial charge in [0.15, 0.2) is 16.4 Å². The van der Waals surface area contributed by atoms with E-state index in [1.165, 1.54) is 0 Å². The molecule has 1 amide bonds. The summed E-state index contributed by atoms with van der Waals surface area (Å²) in [6, 6.07) is -0.339. The van der Waals surface area contributed by atoms with Crippen LogP contribution >= 0.6 is 0 Å². The summed E-state index contributed by atoms with van der Waals surface area (Å²) >= 11 is 0. The van der Waals surface area contributed by atoms with E-state index in [1.54, 1.807) is 4.90 Å². The summed E-state index contributed by atoms with van der Waals surface area (Å²) in [4.78, 5) is 27.5. The van der Waals surface area contributed by atoms with Crippen molar-refractivity contribution in [1.82, 2.24) is 4.90 Å². The first-order valence-electron chi connectivity index (χ1n) is 10.9. The molecule has 5 rings (SSSR count). The van der Waals surface area contributed by atoms with Gasteiger partial charge in [0.2, 0.25) is 0 Å².